The zero-order valence-electron chi connectivity index (χ0n) is 12.0. The highest BCUT2D eigenvalue weighted by molar-refractivity contribution is 7.09. The van der Waals surface area contributed by atoms with Gasteiger partial charge < -0.3 is 10.4 Å². The summed E-state index contributed by atoms with van der Waals surface area (Å²) < 4.78 is 0. The van der Waals surface area contributed by atoms with Crippen LogP contribution in [0, 0.1) is 0 Å². The Balaban J connectivity index is 1.62. The van der Waals surface area contributed by atoms with Crippen molar-refractivity contribution in [3.05, 3.63) is 16.1 Å². The van der Waals surface area contributed by atoms with Crippen molar-refractivity contribution < 1.29 is 9.90 Å². The highest BCUT2D eigenvalue weighted by Crippen LogP contribution is 2.10. The average Bonchev–Trinajstić information content (AvgIpc) is 2.89. The van der Waals surface area contributed by atoms with Gasteiger partial charge in [0.2, 0.25) is 5.91 Å². The molecular formula is C14H23N3O2S. The minimum atomic E-state index is -0.188. The highest BCUT2D eigenvalue weighted by Gasteiger charge is 2.18. The van der Waals surface area contributed by atoms with Crippen molar-refractivity contribution in [3.8, 4) is 0 Å². The molecule has 112 valence electrons. The predicted octanol–water partition coefficient (Wildman–Crippen LogP) is 0.821. The number of amides is 1. The first-order valence-electron chi connectivity index (χ1n) is 7.27. The molecule has 20 heavy (non-hydrogen) atoms. The molecule has 1 saturated heterocycles. The monoisotopic (exact) mass is 297 g/mol. The van der Waals surface area contributed by atoms with E-state index in [0.29, 0.717) is 13.1 Å². The molecule has 1 aliphatic rings. The number of likely N-dealkylation sites (tertiary alicyclic amines) is 1. The number of nitrogens with zero attached hydrogens (tertiary/aromatic N) is 2. The molecule has 0 unspecified atom stereocenters. The van der Waals surface area contributed by atoms with Gasteiger partial charge in [0.15, 0.2) is 0 Å². The van der Waals surface area contributed by atoms with Crippen LogP contribution < -0.4 is 5.32 Å². The first kappa shape index (κ1) is 15.4. The molecule has 0 spiro atoms. The van der Waals surface area contributed by atoms with Gasteiger partial charge in [-0.1, -0.05) is 6.92 Å². The van der Waals surface area contributed by atoms with Crippen molar-refractivity contribution in [3.63, 3.8) is 0 Å². The Labute approximate surface area is 124 Å². The lowest BCUT2D eigenvalue weighted by molar-refractivity contribution is -0.122. The first-order chi connectivity index (χ1) is 9.67. The zero-order valence-corrected chi connectivity index (χ0v) is 12.8. The second kappa shape index (κ2) is 7.71. The summed E-state index contributed by atoms with van der Waals surface area (Å²) in [5.41, 5.74) is 1.06. The van der Waals surface area contributed by atoms with Gasteiger partial charge in [0.1, 0.15) is 0 Å². The van der Waals surface area contributed by atoms with Crippen molar-refractivity contribution in [2.75, 3.05) is 26.2 Å². The maximum atomic E-state index is 11.8. The SMILES string of the molecule is CCc1nc(CCNC(=O)CN2CCC(O)CC2)cs1. The second-order valence-corrected chi connectivity index (χ2v) is 6.14. The van der Waals surface area contributed by atoms with Crippen molar-refractivity contribution in [1.82, 2.24) is 15.2 Å². The molecule has 0 aromatic carbocycles. The third kappa shape index (κ3) is 4.85. The number of aromatic nitrogens is 1. The number of aliphatic hydroxyl groups is 1. The van der Waals surface area contributed by atoms with E-state index in [4.69, 9.17) is 0 Å². The molecule has 0 radical (unpaired) electrons. The number of nitrogens with one attached hydrogen (secondary N) is 1. The molecule has 2 heterocycles. The topological polar surface area (TPSA) is 65.5 Å². The van der Waals surface area contributed by atoms with Gasteiger partial charge in [-0.3, -0.25) is 9.69 Å². The van der Waals surface area contributed by atoms with Gasteiger partial charge in [0.25, 0.3) is 0 Å². The summed E-state index contributed by atoms with van der Waals surface area (Å²) >= 11 is 1.68. The molecule has 0 atom stereocenters. The normalized spacial score (nSPS) is 17.3. The molecular weight excluding hydrogens is 274 g/mol. The van der Waals surface area contributed by atoms with E-state index in [1.807, 2.05) is 0 Å². The number of aryl methyl sites for hydroxylation is 1. The lowest BCUT2D eigenvalue weighted by atomic mass is 10.1. The molecule has 1 aromatic rings. The van der Waals surface area contributed by atoms with Gasteiger partial charge in [0.05, 0.1) is 23.4 Å². The molecule has 0 aliphatic carbocycles. The summed E-state index contributed by atoms with van der Waals surface area (Å²) in [4.78, 5) is 18.4. The number of carbonyl (C=O) groups excluding carboxylic acids is 1. The third-order valence-corrected chi connectivity index (χ3v) is 4.57. The lowest BCUT2D eigenvalue weighted by Gasteiger charge is -2.28. The zero-order chi connectivity index (χ0) is 14.4. The number of carbonyl (C=O) groups is 1. The number of rotatable bonds is 6. The van der Waals surface area contributed by atoms with E-state index in [1.165, 1.54) is 0 Å². The first-order valence-corrected chi connectivity index (χ1v) is 8.15. The van der Waals surface area contributed by atoms with Crippen LogP contribution in [0.3, 0.4) is 0 Å². The van der Waals surface area contributed by atoms with Crippen LogP contribution in [0.15, 0.2) is 5.38 Å². The Morgan fingerprint density at radius 1 is 1.55 bits per heavy atom. The number of piperidine rings is 1. The van der Waals surface area contributed by atoms with Crippen molar-refractivity contribution in [2.45, 2.75) is 38.7 Å². The van der Waals surface area contributed by atoms with Crippen LogP contribution in [0.2, 0.25) is 0 Å². The molecule has 6 heteroatoms. The maximum Gasteiger partial charge on any atom is 0.234 e. The fourth-order valence-electron chi connectivity index (χ4n) is 2.29. The molecule has 1 amide bonds. The Morgan fingerprint density at radius 3 is 2.95 bits per heavy atom. The smallest absolute Gasteiger partial charge is 0.234 e. The maximum absolute atomic E-state index is 11.8. The van der Waals surface area contributed by atoms with Crippen molar-refractivity contribution in [1.29, 1.82) is 0 Å². The molecule has 1 aromatic heterocycles. The summed E-state index contributed by atoms with van der Waals surface area (Å²) in [6.45, 7) is 4.78. The van der Waals surface area contributed by atoms with Crippen LogP contribution in [0.4, 0.5) is 0 Å². The summed E-state index contributed by atoms with van der Waals surface area (Å²) in [5, 5.41) is 15.6. The standard InChI is InChI=1S/C14H23N3O2S/c1-2-14-16-11(10-20-14)3-6-15-13(19)9-17-7-4-12(18)5-8-17/h10,12,18H,2-9H2,1H3,(H,15,19). The Bertz CT molecular complexity index is 428. The summed E-state index contributed by atoms with van der Waals surface area (Å²) in [7, 11) is 0. The van der Waals surface area contributed by atoms with E-state index >= 15 is 0 Å². The number of hydrogen-bond acceptors (Lipinski definition) is 5. The number of thiazole rings is 1. The van der Waals surface area contributed by atoms with Crippen LogP contribution in [0.1, 0.15) is 30.5 Å². The quantitative estimate of drug-likeness (QED) is 0.816. The van der Waals surface area contributed by atoms with E-state index in [9.17, 15) is 9.90 Å². The van der Waals surface area contributed by atoms with Crippen LogP contribution in [-0.2, 0) is 17.6 Å². The largest absolute Gasteiger partial charge is 0.393 e. The molecule has 0 saturated carbocycles. The van der Waals surface area contributed by atoms with Gasteiger partial charge in [0, 0.05) is 31.4 Å². The van der Waals surface area contributed by atoms with Crippen LogP contribution in [0.25, 0.3) is 0 Å². The van der Waals surface area contributed by atoms with Gasteiger partial charge in [-0.25, -0.2) is 4.98 Å². The number of hydrogen-bond donors (Lipinski definition) is 2. The Kier molecular flexibility index (Phi) is 5.94. The van der Waals surface area contributed by atoms with E-state index in [-0.39, 0.29) is 12.0 Å². The highest BCUT2D eigenvalue weighted by atomic mass is 32.1. The molecule has 1 fully saturated rings. The number of aliphatic hydroxyl groups excluding tert-OH is 1. The van der Waals surface area contributed by atoms with E-state index in [2.05, 4.69) is 27.5 Å². The fourth-order valence-corrected chi connectivity index (χ4v) is 3.07. The summed E-state index contributed by atoms with van der Waals surface area (Å²) in [5.74, 6) is 0.0623. The molecule has 2 rings (SSSR count). The predicted molar refractivity (Wildman–Crippen MR) is 79.9 cm³/mol. The summed E-state index contributed by atoms with van der Waals surface area (Å²) in [6, 6.07) is 0. The molecule has 1 aliphatic heterocycles. The minimum absolute atomic E-state index is 0.0623. The van der Waals surface area contributed by atoms with Gasteiger partial charge in [-0.05, 0) is 19.3 Å². The Morgan fingerprint density at radius 2 is 2.30 bits per heavy atom. The molecule has 0 bridgehead atoms. The fraction of sp³-hybridized carbons (Fsp3) is 0.714. The molecule has 5 nitrogen and oxygen atoms in total. The average molecular weight is 297 g/mol. The van der Waals surface area contributed by atoms with Gasteiger partial charge in [-0.15, -0.1) is 11.3 Å². The van der Waals surface area contributed by atoms with Crippen molar-refractivity contribution in [2.24, 2.45) is 0 Å². The van der Waals surface area contributed by atoms with Crippen LogP contribution in [0.5, 0.6) is 0 Å². The third-order valence-electron chi connectivity index (χ3n) is 3.53. The van der Waals surface area contributed by atoms with Crippen LogP contribution in [-0.4, -0.2) is 53.2 Å². The summed E-state index contributed by atoms with van der Waals surface area (Å²) in [6.07, 6.45) is 3.11. The van der Waals surface area contributed by atoms with Gasteiger partial charge >= 0.3 is 0 Å². The molecule has 2 N–H and O–H groups in total. The van der Waals surface area contributed by atoms with E-state index in [1.54, 1.807) is 11.3 Å². The minimum Gasteiger partial charge on any atom is -0.393 e. The lowest BCUT2D eigenvalue weighted by Crippen LogP contribution is -2.42. The van der Waals surface area contributed by atoms with E-state index in [0.717, 1.165) is 49.5 Å². The van der Waals surface area contributed by atoms with Gasteiger partial charge in [-0.2, -0.15) is 0 Å². The van der Waals surface area contributed by atoms with Crippen molar-refractivity contribution >= 4 is 17.2 Å². The second-order valence-electron chi connectivity index (χ2n) is 5.19. The Hall–Kier alpha value is -0.980. The van der Waals surface area contributed by atoms with E-state index < -0.39 is 0 Å². The van der Waals surface area contributed by atoms with Crippen LogP contribution >= 0.6 is 11.3 Å².